The van der Waals surface area contributed by atoms with E-state index in [2.05, 4.69) is 0 Å². The smallest absolute Gasteiger partial charge is 0.200 e. The molecule has 3 aromatic rings. The third-order valence-corrected chi connectivity index (χ3v) is 5.24. The van der Waals surface area contributed by atoms with Crippen molar-refractivity contribution in [2.45, 2.75) is 30.5 Å². The van der Waals surface area contributed by atoms with Crippen LogP contribution >= 0.6 is 0 Å². The number of fused-ring (bicyclic) bond motifs is 2. The maximum atomic E-state index is 12.8. The van der Waals surface area contributed by atoms with Crippen molar-refractivity contribution >= 4 is 21.9 Å². The maximum absolute atomic E-state index is 12.8. The Balaban J connectivity index is 1.98. The molecule has 0 bridgehead atoms. The van der Waals surface area contributed by atoms with Crippen molar-refractivity contribution in [2.24, 2.45) is 0 Å². The van der Waals surface area contributed by atoms with Crippen molar-refractivity contribution in [1.29, 1.82) is 0 Å². The Morgan fingerprint density at radius 1 is 1.07 bits per heavy atom. The minimum absolute atomic E-state index is 0.0157. The summed E-state index contributed by atoms with van der Waals surface area (Å²) in [7, 11) is 1.30. The van der Waals surface area contributed by atoms with Crippen LogP contribution in [0, 0.1) is 0 Å². The fraction of sp³-hybridized carbons (Fsp3) is 0.350. The monoisotopic (exact) mass is 404 g/mol. The molecule has 0 saturated carbocycles. The second kappa shape index (κ2) is 7.29. The van der Waals surface area contributed by atoms with Gasteiger partial charge in [-0.3, -0.25) is 4.79 Å². The molecule has 29 heavy (non-hydrogen) atoms. The summed E-state index contributed by atoms with van der Waals surface area (Å²) in [6, 6.07) is 7.88. The highest BCUT2D eigenvalue weighted by Crippen LogP contribution is 2.45. The highest BCUT2D eigenvalue weighted by Gasteiger charge is 2.46. The molecule has 0 unspecified atom stereocenters. The minimum Gasteiger partial charge on any atom is -0.504 e. The lowest BCUT2D eigenvalue weighted by molar-refractivity contribution is -0.232. The Bertz CT molecular complexity index is 1120. The number of para-hydroxylation sites is 1. The summed E-state index contributed by atoms with van der Waals surface area (Å²) in [5.41, 5.74) is -0.335. The van der Waals surface area contributed by atoms with Gasteiger partial charge >= 0.3 is 0 Å². The molecule has 1 saturated heterocycles. The first kappa shape index (κ1) is 19.6. The van der Waals surface area contributed by atoms with E-state index >= 15 is 0 Å². The normalized spacial score (nSPS) is 27.4. The number of aromatic hydroxyl groups is 1. The fourth-order valence-electron chi connectivity index (χ4n) is 3.70. The first-order chi connectivity index (χ1) is 13.9. The van der Waals surface area contributed by atoms with Crippen molar-refractivity contribution in [3.05, 3.63) is 46.1 Å². The first-order valence-electron chi connectivity index (χ1n) is 8.95. The summed E-state index contributed by atoms with van der Waals surface area (Å²) in [5, 5.41) is 51.3. The topological polar surface area (TPSA) is 150 Å². The molecule has 4 rings (SSSR count). The van der Waals surface area contributed by atoms with Crippen LogP contribution in [0.2, 0.25) is 0 Å². The number of hydrogen-bond donors (Lipinski definition) is 5. The van der Waals surface area contributed by atoms with E-state index in [9.17, 15) is 30.3 Å². The average molecular weight is 404 g/mol. The number of methoxy groups -OCH3 is 1. The van der Waals surface area contributed by atoms with Crippen molar-refractivity contribution in [3.8, 4) is 11.5 Å². The van der Waals surface area contributed by atoms with Gasteiger partial charge in [0.2, 0.25) is 5.43 Å². The van der Waals surface area contributed by atoms with E-state index in [1.807, 2.05) is 0 Å². The highest BCUT2D eigenvalue weighted by atomic mass is 16.5. The number of benzene rings is 2. The SMILES string of the molecule is COc1cc2c(=O)c3ccccc3oc2c(O)c1[C@@H]1O[C@H](CO)[C@@H](O)[C@H](O)[C@H]1O. The van der Waals surface area contributed by atoms with Gasteiger partial charge < -0.3 is 39.4 Å². The summed E-state index contributed by atoms with van der Waals surface area (Å²) in [5.74, 6) is -0.492. The second-order valence-electron chi connectivity index (χ2n) is 6.89. The summed E-state index contributed by atoms with van der Waals surface area (Å²) >= 11 is 0. The van der Waals surface area contributed by atoms with Gasteiger partial charge in [-0.2, -0.15) is 0 Å². The number of phenolic OH excluding ortho intramolecular Hbond substituents is 1. The van der Waals surface area contributed by atoms with Crippen molar-refractivity contribution in [2.75, 3.05) is 13.7 Å². The number of aliphatic hydroxyl groups excluding tert-OH is 4. The van der Waals surface area contributed by atoms with Gasteiger partial charge in [0.15, 0.2) is 11.3 Å². The van der Waals surface area contributed by atoms with Gasteiger partial charge in [-0.15, -0.1) is 0 Å². The Hall–Kier alpha value is -2.69. The lowest BCUT2D eigenvalue weighted by Gasteiger charge is -2.40. The highest BCUT2D eigenvalue weighted by molar-refractivity contribution is 5.94. The zero-order valence-corrected chi connectivity index (χ0v) is 15.3. The van der Waals surface area contributed by atoms with Gasteiger partial charge in [0.05, 0.1) is 30.1 Å². The quantitative estimate of drug-likeness (QED) is 0.385. The molecular weight excluding hydrogens is 384 g/mol. The van der Waals surface area contributed by atoms with Gasteiger partial charge in [-0.05, 0) is 18.2 Å². The number of aliphatic hydroxyl groups is 4. The Morgan fingerprint density at radius 2 is 1.79 bits per heavy atom. The van der Waals surface area contributed by atoms with Crippen LogP contribution in [0.15, 0.2) is 39.5 Å². The summed E-state index contributed by atoms with van der Waals surface area (Å²) in [4.78, 5) is 12.8. The van der Waals surface area contributed by atoms with Crippen LogP contribution in [-0.4, -0.2) is 63.7 Å². The first-order valence-corrected chi connectivity index (χ1v) is 8.95. The van der Waals surface area contributed by atoms with E-state index < -0.39 is 42.9 Å². The minimum atomic E-state index is -1.64. The van der Waals surface area contributed by atoms with Gasteiger partial charge in [0.1, 0.15) is 41.9 Å². The van der Waals surface area contributed by atoms with Gasteiger partial charge in [-0.1, -0.05) is 12.1 Å². The predicted octanol–water partition coefficient (Wildman–Crippen LogP) is 0.175. The van der Waals surface area contributed by atoms with Crippen molar-refractivity contribution < 1.29 is 39.4 Å². The van der Waals surface area contributed by atoms with Gasteiger partial charge in [0.25, 0.3) is 0 Å². The number of rotatable bonds is 3. The molecule has 0 amide bonds. The Labute approximate surface area is 164 Å². The molecule has 5 atom stereocenters. The van der Waals surface area contributed by atoms with E-state index in [1.54, 1.807) is 24.3 Å². The molecule has 2 heterocycles. The van der Waals surface area contributed by atoms with Gasteiger partial charge in [-0.25, -0.2) is 0 Å². The molecule has 1 aliphatic heterocycles. The molecular formula is C20H20O9. The van der Waals surface area contributed by atoms with Crippen LogP contribution in [0.25, 0.3) is 21.9 Å². The van der Waals surface area contributed by atoms with Crippen LogP contribution < -0.4 is 10.2 Å². The summed E-state index contributed by atoms with van der Waals surface area (Å²) in [6.45, 7) is -0.627. The summed E-state index contributed by atoms with van der Waals surface area (Å²) < 4.78 is 16.6. The van der Waals surface area contributed by atoms with Crippen LogP contribution in [-0.2, 0) is 4.74 Å². The number of phenols is 1. The predicted molar refractivity (Wildman–Crippen MR) is 101 cm³/mol. The van der Waals surface area contributed by atoms with E-state index in [4.69, 9.17) is 13.9 Å². The Morgan fingerprint density at radius 3 is 2.48 bits per heavy atom. The fourth-order valence-corrected chi connectivity index (χ4v) is 3.70. The molecule has 1 aromatic heterocycles. The largest absolute Gasteiger partial charge is 0.504 e. The lowest BCUT2D eigenvalue weighted by Crippen LogP contribution is -2.55. The van der Waals surface area contributed by atoms with Crippen LogP contribution in [0.3, 0.4) is 0 Å². The third kappa shape index (κ3) is 2.95. The number of hydrogen-bond acceptors (Lipinski definition) is 9. The van der Waals surface area contributed by atoms with E-state index in [1.165, 1.54) is 13.2 Å². The number of ether oxygens (including phenoxy) is 2. The zero-order chi connectivity index (χ0) is 20.9. The van der Waals surface area contributed by atoms with E-state index in [-0.39, 0.29) is 33.3 Å². The van der Waals surface area contributed by atoms with Crippen molar-refractivity contribution in [1.82, 2.24) is 0 Å². The molecule has 1 aliphatic rings. The van der Waals surface area contributed by atoms with Crippen LogP contribution in [0.1, 0.15) is 11.7 Å². The van der Waals surface area contributed by atoms with E-state index in [0.29, 0.717) is 5.39 Å². The molecule has 154 valence electrons. The summed E-state index contributed by atoms with van der Waals surface area (Å²) in [6.07, 6.45) is -7.38. The molecule has 0 aliphatic carbocycles. The molecule has 2 aromatic carbocycles. The van der Waals surface area contributed by atoms with Crippen molar-refractivity contribution in [3.63, 3.8) is 0 Å². The van der Waals surface area contributed by atoms with Crippen LogP contribution in [0.5, 0.6) is 11.5 Å². The maximum Gasteiger partial charge on any atom is 0.200 e. The van der Waals surface area contributed by atoms with E-state index in [0.717, 1.165) is 0 Å². The van der Waals surface area contributed by atoms with Gasteiger partial charge in [0, 0.05) is 0 Å². The molecule has 9 heteroatoms. The lowest BCUT2D eigenvalue weighted by atomic mass is 9.89. The molecule has 0 radical (unpaired) electrons. The second-order valence-corrected chi connectivity index (χ2v) is 6.89. The molecule has 9 nitrogen and oxygen atoms in total. The van der Waals surface area contributed by atoms with Crippen LogP contribution in [0.4, 0.5) is 0 Å². The standard InChI is InChI=1S/C20H20O9/c1-27-11-6-9-14(22)8-4-2-3-5-10(8)28-19(9)16(24)13(11)20-18(26)17(25)15(23)12(7-21)29-20/h2-6,12,15,17-18,20-21,23-26H,7H2,1H3/t12-,15-,17+,18-,20+/m1/s1. The Kier molecular flexibility index (Phi) is 4.93. The zero-order valence-electron chi connectivity index (χ0n) is 15.3. The average Bonchev–Trinajstić information content (AvgIpc) is 2.73. The molecule has 0 spiro atoms. The molecule has 5 N–H and O–H groups in total. The molecule has 1 fully saturated rings. The third-order valence-electron chi connectivity index (χ3n) is 5.24.